The summed E-state index contributed by atoms with van der Waals surface area (Å²) in [5.74, 6) is 0.467. The number of aliphatic hydroxyl groups is 1. The van der Waals surface area contributed by atoms with Gasteiger partial charge in [-0.25, -0.2) is 0 Å². The minimum atomic E-state index is -0.0771. The van der Waals surface area contributed by atoms with Crippen molar-refractivity contribution in [1.82, 2.24) is 5.32 Å². The molecule has 2 rings (SSSR count). The fourth-order valence-electron chi connectivity index (χ4n) is 2.83. The summed E-state index contributed by atoms with van der Waals surface area (Å²) in [6.07, 6.45) is 5.49. The molecule has 0 spiro atoms. The molecule has 0 radical (unpaired) electrons. The van der Waals surface area contributed by atoms with Gasteiger partial charge in [0.15, 0.2) is 0 Å². The minimum absolute atomic E-state index is 0.0771. The van der Waals surface area contributed by atoms with E-state index in [9.17, 15) is 5.11 Å². The zero-order valence-corrected chi connectivity index (χ0v) is 11.3. The zero-order chi connectivity index (χ0) is 12.8. The van der Waals surface area contributed by atoms with E-state index in [0.717, 1.165) is 25.8 Å². The van der Waals surface area contributed by atoms with E-state index in [1.54, 1.807) is 0 Å². The molecule has 0 amide bonds. The van der Waals surface area contributed by atoms with Crippen LogP contribution in [-0.2, 0) is 6.42 Å². The number of hydrogen-bond donors (Lipinski definition) is 2. The Labute approximate surface area is 110 Å². The van der Waals surface area contributed by atoms with Crippen molar-refractivity contribution < 1.29 is 5.11 Å². The molecule has 0 aromatic heterocycles. The van der Waals surface area contributed by atoms with E-state index in [-0.39, 0.29) is 6.10 Å². The highest BCUT2D eigenvalue weighted by molar-refractivity contribution is 5.15. The normalized spacial score (nSPS) is 25.2. The van der Waals surface area contributed by atoms with E-state index < -0.39 is 0 Å². The van der Waals surface area contributed by atoms with E-state index in [0.29, 0.717) is 12.0 Å². The standard InChI is InChI=1S/C16H25NO/c1-2-15(11-13-7-4-3-5-8-13)17-12-14-9-6-10-16(14)18/h3-5,7-8,14-18H,2,6,9-12H2,1H3. The topological polar surface area (TPSA) is 32.3 Å². The third-order valence-corrected chi connectivity index (χ3v) is 4.11. The van der Waals surface area contributed by atoms with E-state index in [1.165, 1.54) is 18.4 Å². The van der Waals surface area contributed by atoms with Crippen LogP contribution in [-0.4, -0.2) is 23.8 Å². The highest BCUT2D eigenvalue weighted by Gasteiger charge is 2.25. The van der Waals surface area contributed by atoms with Gasteiger partial charge in [-0.3, -0.25) is 0 Å². The third-order valence-electron chi connectivity index (χ3n) is 4.11. The van der Waals surface area contributed by atoms with Crippen molar-refractivity contribution in [1.29, 1.82) is 0 Å². The zero-order valence-electron chi connectivity index (χ0n) is 11.3. The van der Waals surface area contributed by atoms with Crippen molar-refractivity contribution in [3.8, 4) is 0 Å². The molecule has 18 heavy (non-hydrogen) atoms. The van der Waals surface area contributed by atoms with Gasteiger partial charge < -0.3 is 10.4 Å². The van der Waals surface area contributed by atoms with Crippen molar-refractivity contribution in [3.63, 3.8) is 0 Å². The van der Waals surface area contributed by atoms with Crippen LogP contribution in [0.3, 0.4) is 0 Å². The highest BCUT2D eigenvalue weighted by Crippen LogP contribution is 2.24. The Morgan fingerprint density at radius 3 is 2.67 bits per heavy atom. The molecule has 1 aromatic rings. The van der Waals surface area contributed by atoms with Gasteiger partial charge in [0.1, 0.15) is 0 Å². The summed E-state index contributed by atoms with van der Waals surface area (Å²) in [7, 11) is 0. The quantitative estimate of drug-likeness (QED) is 0.810. The number of benzene rings is 1. The molecule has 1 aliphatic carbocycles. The lowest BCUT2D eigenvalue weighted by atomic mass is 10.0. The van der Waals surface area contributed by atoms with Crippen molar-refractivity contribution in [2.45, 2.75) is 51.2 Å². The third kappa shape index (κ3) is 3.82. The van der Waals surface area contributed by atoms with Gasteiger partial charge in [0.05, 0.1) is 6.10 Å². The molecule has 0 aliphatic heterocycles. The van der Waals surface area contributed by atoms with Gasteiger partial charge in [0, 0.05) is 12.6 Å². The molecule has 3 unspecified atom stereocenters. The summed E-state index contributed by atoms with van der Waals surface area (Å²) in [6.45, 7) is 3.19. The molecule has 2 N–H and O–H groups in total. The summed E-state index contributed by atoms with van der Waals surface area (Å²) >= 11 is 0. The SMILES string of the molecule is CCC(Cc1ccccc1)NCC1CCCC1O. The van der Waals surface area contributed by atoms with Crippen LogP contribution in [0.25, 0.3) is 0 Å². The van der Waals surface area contributed by atoms with Crippen molar-refractivity contribution in [2.24, 2.45) is 5.92 Å². The van der Waals surface area contributed by atoms with Crippen LogP contribution in [0.4, 0.5) is 0 Å². The molecule has 1 aliphatic rings. The summed E-state index contributed by atoms with van der Waals surface area (Å²) in [6, 6.07) is 11.2. The number of aliphatic hydroxyl groups excluding tert-OH is 1. The van der Waals surface area contributed by atoms with Crippen LogP contribution in [0.2, 0.25) is 0 Å². The van der Waals surface area contributed by atoms with Crippen molar-refractivity contribution in [3.05, 3.63) is 35.9 Å². The van der Waals surface area contributed by atoms with Crippen LogP contribution in [0, 0.1) is 5.92 Å². The van der Waals surface area contributed by atoms with E-state index in [2.05, 4.69) is 42.6 Å². The van der Waals surface area contributed by atoms with E-state index >= 15 is 0 Å². The Kier molecular flexibility index (Phi) is 5.21. The first-order chi connectivity index (χ1) is 8.79. The first-order valence-corrected chi connectivity index (χ1v) is 7.25. The summed E-state index contributed by atoms with van der Waals surface area (Å²) in [5.41, 5.74) is 1.39. The maximum absolute atomic E-state index is 9.82. The van der Waals surface area contributed by atoms with Crippen molar-refractivity contribution >= 4 is 0 Å². The van der Waals surface area contributed by atoms with Crippen LogP contribution in [0.5, 0.6) is 0 Å². The first-order valence-electron chi connectivity index (χ1n) is 7.25. The Morgan fingerprint density at radius 1 is 1.28 bits per heavy atom. The summed E-state index contributed by atoms with van der Waals surface area (Å²) in [5, 5.41) is 13.5. The molecule has 100 valence electrons. The molecular formula is C16H25NO. The fraction of sp³-hybridized carbons (Fsp3) is 0.625. The number of rotatable bonds is 6. The average Bonchev–Trinajstić information content (AvgIpc) is 2.81. The Balaban J connectivity index is 1.79. The highest BCUT2D eigenvalue weighted by atomic mass is 16.3. The Hall–Kier alpha value is -0.860. The maximum Gasteiger partial charge on any atom is 0.0580 e. The molecule has 0 saturated heterocycles. The lowest BCUT2D eigenvalue weighted by Gasteiger charge is -2.21. The monoisotopic (exact) mass is 247 g/mol. The second-order valence-corrected chi connectivity index (χ2v) is 5.46. The van der Waals surface area contributed by atoms with Crippen LogP contribution in [0.15, 0.2) is 30.3 Å². The van der Waals surface area contributed by atoms with Crippen LogP contribution >= 0.6 is 0 Å². The fourth-order valence-corrected chi connectivity index (χ4v) is 2.83. The van der Waals surface area contributed by atoms with Gasteiger partial charge in [-0.05, 0) is 37.2 Å². The second-order valence-electron chi connectivity index (χ2n) is 5.46. The van der Waals surface area contributed by atoms with Crippen molar-refractivity contribution in [2.75, 3.05) is 6.54 Å². The maximum atomic E-state index is 9.82. The first kappa shape index (κ1) is 13.6. The number of hydrogen-bond acceptors (Lipinski definition) is 2. The average molecular weight is 247 g/mol. The summed E-state index contributed by atoms with van der Waals surface area (Å²) < 4.78 is 0. The van der Waals surface area contributed by atoms with Gasteiger partial charge >= 0.3 is 0 Å². The molecule has 0 heterocycles. The molecule has 1 saturated carbocycles. The lowest BCUT2D eigenvalue weighted by molar-refractivity contribution is 0.129. The van der Waals surface area contributed by atoms with Gasteiger partial charge in [-0.1, -0.05) is 43.7 Å². The molecular weight excluding hydrogens is 222 g/mol. The van der Waals surface area contributed by atoms with Gasteiger partial charge in [0.2, 0.25) is 0 Å². The summed E-state index contributed by atoms with van der Waals surface area (Å²) in [4.78, 5) is 0. The predicted octanol–water partition coefficient (Wildman–Crippen LogP) is 2.76. The Bertz CT molecular complexity index is 338. The lowest BCUT2D eigenvalue weighted by Crippen LogP contribution is -2.36. The second kappa shape index (κ2) is 6.91. The minimum Gasteiger partial charge on any atom is -0.393 e. The number of nitrogens with one attached hydrogen (secondary N) is 1. The largest absolute Gasteiger partial charge is 0.393 e. The molecule has 2 nitrogen and oxygen atoms in total. The van der Waals surface area contributed by atoms with Gasteiger partial charge in [-0.2, -0.15) is 0 Å². The predicted molar refractivity (Wildman–Crippen MR) is 75.6 cm³/mol. The molecule has 2 heteroatoms. The molecule has 1 aromatic carbocycles. The van der Waals surface area contributed by atoms with Crippen LogP contribution < -0.4 is 5.32 Å². The van der Waals surface area contributed by atoms with Gasteiger partial charge in [0.25, 0.3) is 0 Å². The molecule has 0 bridgehead atoms. The van der Waals surface area contributed by atoms with Crippen LogP contribution in [0.1, 0.15) is 38.2 Å². The molecule has 3 atom stereocenters. The van der Waals surface area contributed by atoms with E-state index in [1.807, 2.05) is 0 Å². The molecule has 1 fully saturated rings. The Morgan fingerprint density at radius 2 is 2.06 bits per heavy atom. The van der Waals surface area contributed by atoms with Gasteiger partial charge in [-0.15, -0.1) is 0 Å². The van der Waals surface area contributed by atoms with E-state index in [4.69, 9.17) is 0 Å². The smallest absolute Gasteiger partial charge is 0.0580 e.